The molecule has 3 fully saturated rings. The number of benzene rings is 1. The van der Waals surface area contributed by atoms with E-state index in [1.54, 1.807) is 24.0 Å². The second kappa shape index (κ2) is 15.5. The lowest BCUT2D eigenvalue weighted by Crippen LogP contribution is -2.58. The lowest BCUT2D eigenvalue weighted by atomic mass is 9.70. The summed E-state index contributed by atoms with van der Waals surface area (Å²) in [6.07, 6.45) is 6.41. The van der Waals surface area contributed by atoms with Crippen LogP contribution in [0.2, 0.25) is 0 Å². The molecule has 3 saturated heterocycles. The first-order valence-corrected chi connectivity index (χ1v) is 16.8. The Kier molecular flexibility index (Phi) is 12.0. The molecular formula is C34H46BrN3O7. The first-order valence-electron chi connectivity index (χ1n) is 15.9. The van der Waals surface area contributed by atoms with Gasteiger partial charge in [-0.3, -0.25) is 19.2 Å². The molecule has 45 heavy (non-hydrogen) atoms. The Balaban J connectivity index is 1.65. The smallest absolute Gasteiger partial charge is 0.306 e. The van der Waals surface area contributed by atoms with Crippen LogP contribution in [0.1, 0.15) is 64.0 Å². The van der Waals surface area contributed by atoms with Crippen LogP contribution in [0.4, 0.5) is 0 Å². The predicted molar refractivity (Wildman–Crippen MR) is 173 cm³/mol. The zero-order valence-electron chi connectivity index (χ0n) is 26.2. The monoisotopic (exact) mass is 687 g/mol. The molecule has 1 unspecified atom stereocenters. The van der Waals surface area contributed by atoms with Gasteiger partial charge in [-0.15, -0.1) is 13.2 Å². The molecule has 2 bridgehead atoms. The van der Waals surface area contributed by atoms with Gasteiger partial charge in [0.25, 0.3) is 0 Å². The molecule has 1 aromatic carbocycles. The van der Waals surface area contributed by atoms with E-state index in [4.69, 9.17) is 9.47 Å². The highest BCUT2D eigenvalue weighted by Gasteiger charge is 2.77. The highest BCUT2D eigenvalue weighted by Crippen LogP contribution is 2.60. The van der Waals surface area contributed by atoms with E-state index in [0.717, 1.165) is 24.8 Å². The summed E-state index contributed by atoms with van der Waals surface area (Å²) in [5.74, 6) is -3.30. The van der Waals surface area contributed by atoms with Gasteiger partial charge in [0.15, 0.2) is 0 Å². The third kappa shape index (κ3) is 7.05. The van der Waals surface area contributed by atoms with Gasteiger partial charge in [-0.25, -0.2) is 0 Å². The molecule has 3 aliphatic heterocycles. The number of fused-ring (bicyclic) bond motifs is 1. The molecule has 4 rings (SSSR count). The van der Waals surface area contributed by atoms with Gasteiger partial charge in [-0.1, -0.05) is 78.2 Å². The number of carbonyl (C=O) groups is 4. The number of aliphatic hydroxyl groups excluding tert-OH is 1. The minimum absolute atomic E-state index is 0.0888. The lowest BCUT2D eigenvalue weighted by Gasteiger charge is -2.38. The fourth-order valence-electron chi connectivity index (χ4n) is 7.02. The minimum Gasteiger partial charge on any atom is -0.463 e. The van der Waals surface area contributed by atoms with E-state index in [0.29, 0.717) is 25.9 Å². The third-order valence-electron chi connectivity index (χ3n) is 9.18. The van der Waals surface area contributed by atoms with Crippen molar-refractivity contribution < 1.29 is 33.8 Å². The van der Waals surface area contributed by atoms with Gasteiger partial charge in [0, 0.05) is 24.3 Å². The van der Waals surface area contributed by atoms with Gasteiger partial charge in [0.05, 0.1) is 36.6 Å². The highest BCUT2D eigenvalue weighted by molar-refractivity contribution is 9.09. The SMILES string of the molecule is C=CCCC(=O)OC[C@@H](NC(=O)[C@@H]1[C@H]2O[C@@]3(CC2Br)[C@H](C(=O)N(CC=C)CCCCC)N([C@H](C)CO)C(=O)[C@@H]13)c1ccccc1. The number of rotatable bonds is 17. The van der Waals surface area contributed by atoms with Crippen LogP contribution >= 0.6 is 15.9 Å². The van der Waals surface area contributed by atoms with Crippen molar-refractivity contribution in [3.63, 3.8) is 0 Å². The maximum absolute atomic E-state index is 14.4. The molecule has 3 heterocycles. The van der Waals surface area contributed by atoms with Gasteiger partial charge < -0.3 is 29.7 Å². The number of esters is 1. The zero-order chi connectivity index (χ0) is 32.7. The first-order chi connectivity index (χ1) is 21.6. The number of carbonyl (C=O) groups excluding carboxylic acids is 4. The van der Waals surface area contributed by atoms with E-state index in [1.807, 2.05) is 30.3 Å². The maximum atomic E-state index is 14.4. The largest absolute Gasteiger partial charge is 0.463 e. The summed E-state index contributed by atoms with van der Waals surface area (Å²) in [5.41, 5.74) is -0.507. The number of allylic oxidation sites excluding steroid dienone is 1. The van der Waals surface area contributed by atoms with Gasteiger partial charge in [0.1, 0.15) is 18.2 Å². The van der Waals surface area contributed by atoms with Crippen LogP contribution in [0.5, 0.6) is 0 Å². The Morgan fingerprint density at radius 1 is 1.24 bits per heavy atom. The summed E-state index contributed by atoms with van der Waals surface area (Å²) in [4.78, 5) is 58.0. The summed E-state index contributed by atoms with van der Waals surface area (Å²) in [7, 11) is 0. The average Bonchev–Trinajstić information content (AvgIpc) is 3.64. The fraction of sp³-hybridized carbons (Fsp3) is 0.588. The molecule has 0 aliphatic carbocycles. The Morgan fingerprint density at radius 3 is 2.62 bits per heavy atom. The number of halogens is 1. The molecular weight excluding hydrogens is 642 g/mol. The van der Waals surface area contributed by atoms with E-state index < -0.39 is 53.5 Å². The van der Waals surface area contributed by atoms with Gasteiger partial charge in [-0.05, 0) is 31.7 Å². The Bertz CT molecular complexity index is 1250. The van der Waals surface area contributed by atoms with Crippen molar-refractivity contribution in [1.82, 2.24) is 15.1 Å². The van der Waals surface area contributed by atoms with Crippen LogP contribution in [-0.4, -0.2) is 93.5 Å². The molecule has 8 atom stereocenters. The number of nitrogens with one attached hydrogen (secondary N) is 1. The quantitative estimate of drug-likeness (QED) is 0.111. The second-order valence-electron chi connectivity index (χ2n) is 12.2. The summed E-state index contributed by atoms with van der Waals surface area (Å²) >= 11 is 3.71. The van der Waals surface area contributed by atoms with Crippen LogP contribution < -0.4 is 5.32 Å². The number of amides is 3. The number of nitrogens with zero attached hydrogens (tertiary/aromatic N) is 2. The number of hydrogen-bond acceptors (Lipinski definition) is 7. The van der Waals surface area contributed by atoms with Crippen molar-refractivity contribution in [3.8, 4) is 0 Å². The van der Waals surface area contributed by atoms with Gasteiger partial charge in [-0.2, -0.15) is 0 Å². The van der Waals surface area contributed by atoms with Crippen molar-refractivity contribution >= 4 is 39.6 Å². The molecule has 3 amide bonds. The van der Waals surface area contributed by atoms with Crippen molar-refractivity contribution in [2.24, 2.45) is 11.8 Å². The van der Waals surface area contributed by atoms with Crippen LogP contribution in [-0.2, 0) is 28.7 Å². The second-order valence-corrected chi connectivity index (χ2v) is 13.4. The van der Waals surface area contributed by atoms with Crippen molar-refractivity contribution in [1.29, 1.82) is 0 Å². The van der Waals surface area contributed by atoms with Crippen LogP contribution in [0.25, 0.3) is 0 Å². The normalized spacial score (nSPS) is 27.9. The van der Waals surface area contributed by atoms with Crippen LogP contribution in [0.3, 0.4) is 0 Å². The van der Waals surface area contributed by atoms with Crippen molar-refractivity contribution in [2.75, 3.05) is 26.3 Å². The molecule has 0 saturated carbocycles. The zero-order valence-corrected chi connectivity index (χ0v) is 27.8. The molecule has 11 heteroatoms. The number of ether oxygens (including phenoxy) is 2. The van der Waals surface area contributed by atoms with E-state index in [2.05, 4.69) is 41.3 Å². The Labute approximate surface area is 274 Å². The highest BCUT2D eigenvalue weighted by atomic mass is 79.9. The number of unbranched alkanes of at least 4 members (excludes halogenated alkanes) is 2. The molecule has 10 nitrogen and oxygen atoms in total. The molecule has 1 spiro atoms. The Morgan fingerprint density at radius 2 is 1.98 bits per heavy atom. The fourth-order valence-corrected chi connectivity index (χ4v) is 7.97. The van der Waals surface area contributed by atoms with E-state index in [1.165, 1.54) is 4.90 Å². The first kappa shape index (κ1) is 34.8. The predicted octanol–water partition coefficient (Wildman–Crippen LogP) is 3.69. The summed E-state index contributed by atoms with van der Waals surface area (Å²) in [6.45, 7) is 11.6. The Hall–Kier alpha value is -3.02. The van der Waals surface area contributed by atoms with Gasteiger partial charge in [0.2, 0.25) is 17.7 Å². The summed E-state index contributed by atoms with van der Waals surface area (Å²) in [6, 6.07) is 6.85. The maximum Gasteiger partial charge on any atom is 0.306 e. The number of likely N-dealkylation sites (tertiary alicyclic amines) is 1. The van der Waals surface area contributed by atoms with Gasteiger partial charge >= 0.3 is 5.97 Å². The average molecular weight is 689 g/mol. The number of hydrogen-bond donors (Lipinski definition) is 2. The topological polar surface area (TPSA) is 125 Å². The van der Waals surface area contributed by atoms with E-state index in [-0.39, 0.29) is 36.3 Å². The number of aliphatic hydroxyl groups is 1. The van der Waals surface area contributed by atoms with Crippen molar-refractivity contribution in [3.05, 3.63) is 61.2 Å². The van der Waals surface area contributed by atoms with Crippen molar-refractivity contribution in [2.45, 2.75) is 87.0 Å². The summed E-state index contributed by atoms with van der Waals surface area (Å²) < 4.78 is 12.1. The standard InChI is InChI=1S/C34H46BrN3O7/c1-5-8-13-18-37(17-7-3)33(43)30-34-19-24(35)29(45-34)27(28(34)32(42)38(30)22(4)20-39)31(41)36-25(23-14-11-10-12-15-23)21-44-26(40)16-9-6-2/h6-7,10-12,14-15,22,24-25,27-30,39H,2-3,5,8-9,13,16-21H2,1,4H3,(H,36,41)/t22-,24?,25-,27+,28-,29+,30+,34-/m1/s1. The molecule has 246 valence electrons. The molecule has 3 aliphatic rings. The number of alkyl halides is 1. The molecule has 0 aromatic heterocycles. The summed E-state index contributed by atoms with van der Waals surface area (Å²) in [5, 5.41) is 13.2. The third-order valence-corrected chi connectivity index (χ3v) is 10.0. The van der Waals surface area contributed by atoms with E-state index >= 15 is 0 Å². The lowest BCUT2D eigenvalue weighted by molar-refractivity contribution is -0.150. The molecule has 2 N–H and O–H groups in total. The molecule has 0 radical (unpaired) electrons. The van der Waals surface area contributed by atoms with Crippen LogP contribution in [0, 0.1) is 11.8 Å². The molecule has 1 aromatic rings. The minimum atomic E-state index is -1.25. The van der Waals surface area contributed by atoms with E-state index in [9.17, 15) is 24.3 Å². The van der Waals surface area contributed by atoms with Crippen LogP contribution in [0.15, 0.2) is 55.6 Å².